The molecule has 1 aromatic rings. The predicted octanol–water partition coefficient (Wildman–Crippen LogP) is 3.34. The zero-order valence-electron chi connectivity index (χ0n) is 17.2. The maximum Gasteiger partial charge on any atom is 0.317 e. The molecule has 1 saturated heterocycles. The van der Waals surface area contributed by atoms with Gasteiger partial charge in [-0.25, -0.2) is 4.79 Å². The molecule has 146 valence electrons. The van der Waals surface area contributed by atoms with Crippen LogP contribution in [0.2, 0.25) is 0 Å². The number of fused-ring (bicyclic) bond motifs is 1. The molecule has 1 aromatic carbocycles. The molecule has 0 aromatic heterocycles. The van der Waals surface area contributed by atoms with E-state index in [0.717, 1.165) is 17.0 Å². The normalized spacial score (nSPS) is 18.8. The van der Waals surface area contributed by atoms with E-state index in [1.807, 2.05) is 50.8 Å². The fraction of sp³-hybridized carbons (Fsp3) is 0.571. The van der Waals surface area contributed by atoms with Gasteiger partial charge in [0.1, 0.15) is 0 Å². The lowest BCUT2D eigenvalue weighted by atomic mass is 9.81. The van der Waals surface area contributed by atoms with Crippen LogP contribution < -0.4 is 5.32 Å². The van der Waals surface area contributed by atoms with E-state index in [-0.39, 0.29) is 22.9 Å². The first-order valence-corrected chi connectivity index (χ1v) is 9.56. The molecule has 2 aliphatic heterocycles. The molecule has 27 heavy (non-hydrogen) atoms. The van der Waals surface area contributed by atoms with Crippen LogP contribution >= 0.6 is 0 Å². The van der Waals surface area contributed by atoms with Gasteiger partial charge in [0.15, 0.2) is 0 Å². The van der Waals surface area contributed by atoms with E-state index in [1.54, 1.807) is 4.90 Å². The summed E-state index contributed by atoms with van der Waals surface area (Å²) in [5.41, 5.74) is 3.42. The molecule has 3 rings (SSSR count). The van der Waals surface area contributed by atoms with Gasteiger partial charge >= 0.3 is 6.03 Å². The van der Waals surface area contributed by atoms with Crippen LogP contribution in [-0.2, 0) is 5.41 Å². The Morgan fingerprint density at radius 3 is 2.26 bits per heavy atom. The molecule has 0 aliphatic carbocycles. The first-order chi connectivity index (χ1) is 12.5. The van der Waals surface area contributed by atoms with Crippen molar-refractivity contribution in [3.05, 3.63) is 29.3 Å². The van der Waals surface area contributed by atoms with Gasteiger partial charge in [0.25, 0.3) is 5.91 Å². The number of carbonyl (C=O) groups excluding carboxylic acids is 2. The van der Waals surface area contributed by atoms with Crippen LogP contribution in [0.4, 0.5) is 10.5 Å². The second-order valence-corrected chi connectivity index (χ2v) is 9.01. The second kappa shape index (κ2) is 6.66. The van der Waals surface area contributed by atoms with Crippen molar-refractivity contribution >= 4 is 23.3 Å². The first kappa shape index (κ1) is 19.4. The van der Waals surface area contributed by atoms with Gasteiger partial charge in [-0.15, -0.1) is 0 Å². The largest absolute Gasteiger partial charge is 0.335 e. The number of aliphatic imine (C=N–C) groups is 1. The van der Waals surface area contributed by atoms with E-state index in [4.69, 9.17) is 0 Å². The summed E-state index contributed by atoms with van der Waals surface area (Å²) < 4.78 is 0. The Morgan fingerprint density at radius 2 is 1.67 bits per heavy atom. The van der Waals surface area contributed by atoms with Gasteiger partial charge in [-0.2, -0.15) is 0 Å². The summed E-state index contributed by atoms with van der Waals surface area (Å²) in [5, 5.41) is 2.98. The van der Waals surface area contributed by atoms with Crippen LogP contribution in [0.15, 0.2) is 23.2 Å². The Hall–Kier alpha value is -2.37. The van der Waals surface area contributed by atoms with Crippen molar-refractivity contribution in [2.24, 2.45) is 4.99 Å². The Balaban J connectivity index is 1.66. The Labute approximate surface area is 161 Å². The summed E-state index contributed by atoms with van der Waals surface area (Å²) in [7, 11) is 0. The van der Waals surface area contributed by atoms with Crippen LogP contribution in [0.1, 0.15) is 57.5 Å². The van der Waals surface area contributed by atoms with Gasteiger partial charge < -0.3 is 15.1 Å². The first-order valence-electron chi connectivity index (χ1n) is 9.56. The molecule has 1 N–H and O–H groups in total. The average Bonchev–Trinajstić information content (AvgIpc) is 2.82. The molecule has 0 atom stereocenters. The third kappa shape index (κ3) is 3.84. The number of benzene rings is 1. The Bertz CT molecular complexity index is 797. The average molecular weight is 370 g/mol. The van der Waals surface area contributed by atoms with Crippen LogP contribution in [0.25, 0.3) is 0 Å². The van der Waals surface area contributed by atoms with Gasteiger partial charge in [0.2, 0.25) is 0 Å². The summed E-state index contributed by atoms with van der Waals surface area (Å²) in [6.45, 7) is 14.4. The van der Waals surface area contributed by atoms with Gasteiger partial charge in [0, 0.05) is 48.4 Å². The van der Waals surface area contributed by atoms with E-state index in [1.165, 1.54) is 0 Å². The van der Waals surface area contributed by atoms with Crippen LogP contribution in [0.5, 0.6) is 0 Å². The Kier molecular flexibility index (Phi) is 4.78. The molecule has 1 fully saturated rings. The minimum Gasteiger partial charge on any atom is -0.335 e. The number of amides is 3. The maximum atomic E-state index is 13.0. The van der Waals surface area contributed by atoms with Crippen molar-refractivity contribution in [2.75, 3.05) is 26.2 Å². The Morgan fingerprint density at radius 1 is 1.07 bits per heavy atom. The third-order valence-corrected chi connectivity index (χ3v) is 5.45. The zero-order valence-corrected chi connectivity index (χ0v) is 17.2. The van der Waals surface area contributed by atoms with Crippen molar-refractivity contribution in [3.8, 4) is 0 Å². The summed E-state index contributed by atoms with van der Waals surface area (Å²) in [5.74, 6) is 0.0223. The van der Waals surface area contributed by atoms with E-state index in [0.29, 0.717) is 31.7 Å². The fourth-order valence-corrected chi connectivity index (χ4v) is 3.48. The molecule has 0 saturated carbocycles. The lowest BCUT2D eigenvalue weighted by molar-refractivity contribution is 0.0661. The lowest BCUT2D eigenvalue weighted by Crippen LogP contribution is -2.56. The number of carbonyl (C=O) groups is 2. The number of urea groups is 1. The molecule has 0 radical (unpaired) electrons. The van der Waals surface area contributed by atoms with E-state index < -0.39 is 0 Å². The summed E-state index contributed by atoms with van der Waals surface area (Å²) in [4.78, 5) is 33.5. The summed E-state index contributed by atoms with van der Waals surface area (Å²) in [6, 6.07) is 5.71. The number of hydrogen-bond donors (Lipinski definition) is 1. The highest BCUT2D eigenvalue weighted by molar-refractivity contribution is 6.01. The van der Waals surface area contributed by atoms with Crippen molar-refractivity contribution in [1.82, 2.24) is 15.1 Å². The highest BCUT2D eigenvalue weighted by Crippen LogP contribution is 2.40. The molecule has 0 unspecified atom stereocenters. The van der Waals surface area contributed by atoms with Gasteiger partial charge in [-0.05, 0) is 51.5 Å². The second-order valence-electron chi connectivity index (χ2n) is 9.01. The van der Waals surface area contributed by atoms with E-state index >= 15 is 0 Å². The molecule has 3 amide bonds. The van der Waals surface area contributed by atoms with Crippen molar-refractivity contribution in [2.45, 2.75) is 52.5 Å². The third-order valence-electron chi connectivity index (χ3n) is 5.45. The zero-order chi connectivity index (χ0) is 20.0. The highest BCUT2D eigenvalue weighted by atomic mass is 16.2. The quantitative estimate of drug-likeness (QED) is 0.824. The molecule has 2 aliphatic rings. The van der Waals surface area contributed by atoms with Crippen LogP contribution in [-0.4, -0.2) is 59.2 Å². The van der Waals surface area contributed by atoms with E-state index in [2.05, 4.69) is 24.2 Å². The topological polar surface area (TPSA) is 65.0 Å². The predicted molar refractivity (Wildman–Crippen MR) is 108 cm³/mol. The number of piperazine rings is 1. The number of hydrogen-bond acceptors (Lipinski definition) is 3. The highest BCUT2D eigenvalue weighted by Gasteiger charge is 2.33. The molecule has 0 bridgehead atoms. The summed E-state index contributed by atoms with van der Waals surface area (Å²) in [6.07, 6.45) is 0. The number of nitrogens with zero attached hydrogens (tertiary/aromatic N) is 3. The van der Waals surface area contributed by atoms with Gasteiger partial charge in [-0.3, -0.25) is 9.79 Å². The molecule has 0 spiro atoms. The smallest absolute Gasteiger partial charge is 0.317 e. The van der Waals surface area contributed by atoms with Gasteiger partial charge in [-0.1, -0.05) is 13.8 Å². The number of nitrogens with one attached hydrogen (secondary N) is 1. The number of rotatable bonds is 1. The molecule has 2 heterocycles. The monoisotopic (exact) mass is 370 g/mol. The molecule has 6 nitrogen and oxygen atoms in total. The fourth-order valence-electron chi connectivity index (χ4n) is 3.48. The van der Waals surface area contributed by atoms with Crippen LogP contribution in [0, 0.1) is 0 Å². The van der Waals surface area contributed by atoms with Gasteiger partial charge in [0.05, 0.1) is 5.69 Å². The molecular weight excluding hydrogens is 340 g/mol. The maximum absolute atomic E-state index is 13.0. The standard InChI is InChI=1S/C21H30N4O2/c1-14-21(5,6)16-13-15(7-8-17(16)22-14)18(26)24-9-11-25(12-10-24)19(27)23-20(2,3)4/h7-8,13H,9-12H2,1-6H3,(H,23,27). The summed E-state index contributed by atoms with van der Waals surface area (Å²) >= 11 is 0. The minimum absolute atomic E-state index is 0.0223. The molecule has 6 heteroatoms. The lowest BCUT2D eigenvalue weighted by Gasteiger charge is -2.36. The van der Waals surface area contributed by atoms with Crippen molar-refractivity contribution in [3.63, 3.8) is 0 Å². The minimum atomic E-state index is -0.262. The van der Waals surface area contributed by atoms with Crippen molar-refractivity contribution in [1.29, 1.82) is 0 Å². The molecular formula is C21H30N4O2. The van der Waals surface area contributed by atoms with Crippen molar-refractivity contribution < 1.29 is 9.59 Å². The van der Waals surface area contributed by atoms with E-state index in [9.17, 15) is 9.59 Å². The van der Waals surface area contributed by atoms with Crippen LogP contribution in [0.3, 0.4) is 0 Å². The SMILES string of the molecule is CC1=Nc2ccc(C(=O)N3CCN(C(=O)NC(C)(C)C)CC3)cc2C1(C)C.